The fraction of sp³-hybridized carbons (Fsp3) is 0. The molecule has 238 valence electrons. The van der Waals surface area contributed by atoms with Crippen LogP contribution in [-0.4, -0.2) is 0 Å². The van der Waals surface area contributed by atoms with E-state index in [0.717, 1.165) is 34.1 Å². The van der Waals surface area contributed by atoms with Crippen molar-refractivity contribution in [2.24, 2.45) is 0 Å². The molecule has 0 heterocycles. The lowest BCUT2D eigenvalue weighted by Gasteiger charge is -2.29. The van der Waals surface area contributed by atoms with E-state index in [1.54, 1.807) is 0 Å². The normalized spacial score (nSPS) is 10.8. The van der Waals surface area contributed by atoms with Gasteiger partial charge in [0, 0.05) is 34.1 Å². The monoisotopic (exact) mass is 640 g/mol. The zero-order valence-corrected chi connectivity index (χ0v) is 27.7. The number of rotatable bonds is 9. The molecule has 0 radical (unpaired) electrons. The van der Waals surface area contributed by atoms with Gasteiger partial charge in [0.15, 0.2) is 0 Å². The number of para-hydroxylation sites is 3. The average molecular weight is 641 g/mol. The molecule has 2 nitrogen and oxygen atoms in total. The Morgan fingerprint density at radius 3 is 0.760 bits per heavy atom. The Labute approximate surface area is 294 Å². The van der Waals surface area contributed by atoms with E-state index in [9.17, 15) is 0 Å². The molecule has 0 saturated carbocycles. The predicted molar refractivity (Wildman–Crippen MR) is 212 cm³/mol. The number of nitrogens with zero attached hydrogens (tertiary/aromatic N) is 2. The molecule has 0 aliphatic heterocycles. The molecular formula is C48H36N2. The summed E-state index contributed by atoms with van der Waals surface area (Å²) < 4.78 is 0. The third-order valence-corrected chi connectivity index (χ3v) is 9.06. The first-order valence-corrected chi connectivity index (χ1v) is 17.0. The van der Waals surface area contributed by atoms with E-state index in [0.29, 0.717) is 0 Å². The van der Waals surface area contributed by atoms with E-state index in [1.165, 1.54) is 33.4 Å². The Balaban J connectivity index is 1.09. The largest absolute Gasteiger partial charge is 0.310 e. The summed E-state index contributed by atoms with van der Waals surface area (Å²) in [5, 5.41) is 0. The van der Waals surface area contributed by atoms with Crippen molar-refractivity contribution in [3.8, 4) is 33.4 Å². The van der Waals surface area contributed by atoms with Gasteiger partial charge in [-0.3, -0.25) is 0 Å². The van der Waals surface area contributed by atoms with E-state index in [2.05, 4.69) is 228 Å². The van der Waals surface area contributed by atoms with E-state index in [-0.39, 0.29) is 0 Å². The van der Waals surface area contributed by atoms with Gasteiger partial charge in [-0.15, -0.1) is 0 Å². The van der Waals surface area contributed by atoms with Gasteiger partial charge >= 0.3 is 0 Å². The van der Waals surface area contributed by atoms with Crippen molar-refractivity contribution in [2.45, 2.75) is 0 Å². The van der Waals surface area contributed by atoms with Gasteiger partial charge in [-0.2, -0.15) is 0 Å². The van der Waals surface area contributed by atoms with E-state index in [4.69, 9.17) is 0 Å². The molecular weight excluding hydrogens is 605 g/mol. The van der Waals surface area contributed by atoms with Crippen molar-refractivity contribution in [1.82, 2.24) is 0 Å². The van der Waals surface area contributed by atoms with Gasteiger partial charge in [-0.05, 0) is 100 Å². The Hall–Kier alpha value is -6.64. The summed E-state index contributed by atoms with van der Waals surface area (Å²) in [4.78, 5) is 4.63. The molecule has 0 fully saturated rings. The third-order valence-electron chi connectivity index (χ3n) is 9.06. The quantitative estimate of drug-likeness (QED) is 0.155. The highest BCUT2D eigenvalue weighted by molar-refractivity contribution is 5.84. The van der Waals surface area contributed by atoms with Gasteiger partial charge in [0.2, 0.25) is 0 Å². The molecule has 0 amide bonds. The molecule has 0 aromatic heterocycles. The van der Waals surface area contributed by atoms with E-state index >= 15 is 0 Å². The summed E-state index contributed by atoms with van der Waals surface area (Å²) in [5.74, 6) is 0. The topological polar surface area (TPSA) is 6.48 Å². The molecule has 0 saturated heterocycles. The van der Waals surface area contributed by atoms with Crippen LogP contribution in [0.25, 0.3) is 33.4 Å². The maximum Gasteiger partial charge on any atom is 0.0482 e. The molecule has 50 heavy (non-hydrogen) atoms. The smallest absolute Gasteiger partial charge is 0.0482 e. The van der Waals surface area contributed by atoms with Crippen LogP contribution in [0.2, 0.25) is 0 Å². The van der Waals surface area contributed by atoms with Gasteiger partial charge in [0.1, 0.15) is 0 Å². The van der Waals surface area contributed by atoms with Crippen molar-refractivity contribution >= 4 is 34.1 Å². The Morgan fingerprint density at radius 1 is 0.180 bits per heavy atom. The second-order valence-corrected chi connectivity index (χ2v) is 12.3. The molecule has 0 aliphatic carbocycles. The summed E-state index contributed by atoms with van der Waals surface area (Å²) in [6, 6.07) is 77.5. The number of anilines is 6. The minimum atomic E-state index is 1.08. The summed E-state index contributed by atoms with van der Waals surface area (Å²) >= 11 is 0. The molecule has 0 unspecified atom stereocenters. The second kappa shape index (κ2) is 14.2. The number of benzene rings is 8. The van der Waals surface area contributed by atoms with Crippen LogP contribution in [-0.2, 0) is 0 Å². The van der Waals surface area contributed by atoms with Crippen molar-refractivity contribution < 1.29 is 0 Å². The highest BCUT2D eigenvalue weighted by atomic mass is 15.2. The van der Waals surface area contributed by atoms with Gasteiger partial charge in [0.05, 0.1) is 0 Å². The zero-order chi connectivity index (χ0) is 33.5. The molecule has 8 aromatic carbocycles. The summed E-state index contributed by atoms with van der Waals surface area (Å²) in [5.41, 5.74) is 13.9. The predicted octanol–water partition coefficient (Wildman–Crippen LogP) is 13.6. The Morgan fingerprint density at radius 2 is 0.420 bits per heavy atom. The van der Waals surface area contributed by atoms with Gasteiger partial charge in [0.25, 0.3) is 0 Å². The van der Waals surface area contributed by atoms with Crippen LogP contribution in [0.3, 0.4) is 0 Å². The van der Waals surface area contributed by atoms with Crippen LogP contribution in [0.5, 0.6) is 0 Å². The van der Waals surface area contributed by atoms with Crippen LogP contribution in [0.15, 0.2) is 218 Å². The minimum Gasteiger partial charge on any atom is -0.310 e. The summed E-state index contributed by atoms with van der Waals surface area (Å²) in [6.07, 6.45) is 0. The van der Waals surface area contributed by atoms with Crippen LogP contribution in [0.4, 0.5) is 34.1 Å². The maximum absolute atomic E-state index is 2.32. The summed E-state index contributed by atoms with van der Waals surface area (Å²) in [6.45, 7) is 0. The number of hydrogen-bond acceptors (Lipinski definition) is 2. The van der Waals surface area contributed by atoms with Crippen molar-refractivity contribution in [2.75, 3.05) is 9.80 Å². The fourth-order valence-electron chi connectivity index (χ4n) is 6.54. The van der Waals surface area contributed by atoms with Crippen molar-refractivity contribution in [3.63, 3.8) is 0 Å². The van der Waals surface area contributed by atoms with Crippen LogP contribution >= 0.6 is 0 Å². The van der Waals surface area contributed by atoms with Crippen molar-refractivity contribution in [3.05, 3.63) is 218 Å². The molecule has 0 aliphatic rings. The first-order valence-electron chi connectivity index (χ1n) is 17.0. The molecule has 0 spiro atoms. The minimum absolute atomic E-state index is 1.08. The first kappa shape index (κ1) is 30.7. The molecule has 0 bridgehead atoms. The molecule has 0 atom stereocenters. The van der Waals surface area contributed by atoms with E-state index in [1.807, 2.05) is 0 Å². The maximum atomic E-state index is 2.32. The van der Waals surface area contributed by atoms with Gasteiger partial charge in [-0.25, -0.2) is 0 Å². The van der Waals surface area contributed by atoms with Gasteiger partial charge < -0.3 is 9.80 Å². The third kappa shape index (κ3) is 6.56. The Kier molecular flexibility index (Phi) is 8.73. The second-order valence-electron chi connectivity index (χ2n) is 12.3. The zero-order valence-electron chi connectivity index (χ0n) is 27.7. The molecule has 0 N–H and O–H groups in total. The standard InChI is InChI=1S/C48H36N2/c1-5-14-37(15-6-1)38-24-26-39(27-25-38)40-28-30-41(31-29-40)42-32-34-46(35-33-42)50(45-20-11-4-12-21-45)48-23-13-22-47(36-48)49(43-16-7-2-8-17-43)44-18-9-3-10-19-44/h1-36H. The van der Waals surface area contributed by atoms with Crippen LogP contribution in [0.1, 0.15) is 0 Å². The van der Waals surface area contributed by atoms with E-state index < -0.39 is 0 Å². The van der Waals surface area contributed by atoms with Crippen LogP contribution < -0.4 is 9.80 Å². The Bertz CT molecular complexity index is 2230. The molecule has 8 aromatic rings. The fourth-order valence-corrected chi connectivity index (χ4v) is 6.54. The molecule has 8 rings (SSSR count). The lowest BCUT2D eigenvalue weighted by molar-refractivity contribution is 1.25. The summed E-state index contributed by atoms with van der Waals surface area (Å²) in [7, 11) is 0. The highest BCUT2D eigenvalue weighted by Crippen LogP contribution is 2.40. The number of hydrogen-bond donors (Lipinski definition) is 0. The SMILES string of the molecule is c1ccc(-c2ccc(-c3ccc(-c4ccc(N(c5ccccc5)c5cccc(N(c6ccccc6)c6ccccc6)c5)cc4)cc3)cc2)cc1. The van der Waals surface area contributed by atoms with Crippen LogP contribution in [0, 0.1) is 0 Å². The molecule has 2 heteroatoms. The highest BCUT2D eigenvalue weighted by Gasteiger charge is 2.17. The van der Waals surface area contributed by atoms with Gasteiger partial charge in [-0.1, -0.05) is 152 Å². The lowest BCUT2D eigenvalue weighted by atomic mass is 9.98. The van der Waals surface area contributed by atoms with Crippen molar-refractivity contribution in [1.29, 1.82) is 0 Å². The lowest BCUT2D eigenvalue weighted by Crippen LogP contribution is -2.13. The average Bonchev–Trinajstić information content (AvgIpc) is 3.20. The first-order chi connectivity index (χ1) is 24.8.